The fourth-order valence-corrected chi connectivity index (χ4v) is 2.57. The SMILES string of the molecule is NC(N)c1ccc(C(=O)NCCCCNC(=O)c2ccc(C(N)N)cc2)cc1. The Labute approximate surface area is 164 Å². The quantitative estimate of drug-likeness (QED) is 0.272. The predicted molar refractivity (Wildman–Crippen MR) is 109 cm³/mol. The zero-order valence-corrected chi connectivity index (χ0v) is 15.7. The Kier molecular flexibility index (Phi) is 8.09. The highest BCUT2D eigenvalue weighted by Gasteiger charge is 2.07. The van der Waals surface area contributed by atoms with Crippen LogP contribution < -0.4 is 33.6 Å². The van der Waals surface area contributed by atoms with Crippen molar-refractivity contribution in [1.29, 1.82) is 0 Å². The van der Waals surface area contributed by atoms with Gasteiger partial charge in [-0.1, -0.05) is 24.3 Å². The van der Waals surface area contributed by atoms with Crippen molar-refractivity contribution in [1.82, 2.24) is 10.6 Å². The van der Waals surface area contributed by atoms with Crippen molar-refractivity contribution in [2.24, 2.45) is 22.9 Å². The van der Waals surface area contributed by atoms with E-state index in [4.69, 9.17) is 22.9 Å². The zero-order valence-electron chi connectivity index (χ0n) is 15.7. The van der Waals surface area contributed by atoms with Crippen LogP contribution >= 0.6 is 0 Å². The van der Waals surface area contributed by atoms with Gasteiger partial charge in [-0.25, -0.2) is 0 Å². The lowest BCUT2D eigenvalue weighted by Crippen LogP contribution is -2.27. The molecule has 2 amide bonds. The van der Waals surface area contributed by atoms with E-state index in [1.54, 1.807) is 48.5 Å². The minimum Gasteiger partial charge on any atom is -0.352 e. The average molecular weight is 384 g/mol. The van der Waals surface area contributed by atoms with Crippen molar-refractivity contribution in [3.05, 3.63) is 70.8 Å². The summed E-state index contributed by atoms with van der Waals surface area (Å²) in [5.41, 5.74) is 25.0. The number of amides is 2. The minimum atomic E-state index is -0.552. The van der Waals surface area contributed by atoms with Crippen LogP contribution in [-0.4, -0.2) is 24.9 Å². The van der Waals surface area contributed by atoms with Crippen LogP contribution in [0.5, 0.6) is 0 Å². The normalized spacial score (nSPS) is 10.9. The second-order valence-corrected chi connectivity index (χ2v) is 6.51. The number of rotatable bonds is 9. The van der Waals surface area contributed by atoms with E-state index >= 15 is 0 Å². The first kappa shape index (κ1) is 21.5. The Morgan fingerprint density at radius 3 is 1.25 bits per heavy atom. The molecule has 28 heavy (non-hydrogen) atoms. The minimum absolute atomic E-state index is 0.153. The fourth-order valence-electron chi connectivity index (χ4n) is 2.57. The lowest BCUT2D eigenvalue weighted by atomic mass is 10.1. The first-order valence-electron chi connectivity index (χ1n) is 9.17. The summed E-state index contributed by atoms with van der Waals surface area (Å²) in [7, 11) is 0. The number of nitrogens with two attached hydrogens (primary N) is 4. The number of hydrogen-bond donors (Lipinski definition) is 6. The highest BCUT2D eigenvalue weighted by atomic mass is 16.2. The molecular weight excluding hydrogens is 356 g/mol. The molecule has 0 unspecified atom stereocenters. The van der Waals surface area contributed by atoms with Gasteiger partial charge in [0.15, 0.2) is 0 Å². The van der Waals surface area contributed by atoms with Crippen LogP contribution in [0.1, 0.15) is 57.0 Å². The van der Waals surface area contributed by atoms with Gasteiger partial charge in [0.05, 0.1) is 12.3 Å². The monoisotopic (exact) mass is 384 g/mol. The molecule has 8 nitrogen and oxygen atoms in total. The first-order valence-corrected chi connectivity index (χ1v) is 9.17. The molecule has 0 atom stereocenters. The van der Waals surface area contributed by atoms with Gasteiger partial charge in [-0.2, -0.15) is 0 Å². The summed E-state index contributed by atoms with van der Waals surface area (Å²) in [6.07, 6.45) is 0.393. The second-order valence-electron chi connectivity index (χ2n) is 6.51. The number of unbranched alkanes of at least 4 members (excludes halogenated alkanes) is 1. The van der Waals surface area contributed by atoms with E-state index in [0.29, 0.717) is 24.2 Å². The molecule has 2 aromatic rings. The fraction of sp³-hybridized carbons (Fsp3) is 0.300. The third-order valence-corrected chi connectivity index (χ3v) is 4.29. The van der Waals surface area contributed by atoms with E-state index in [1.807, 2.05) is 0 Å². The summed E-state index contributed by atoms with van der Waals surface area (Å²) in [6.45, 7) is 1.05. The van der Waals surface area contributed by atoms with Crippen molar-refractivity contribution in [2.75, 3.05) is 13.1 Å². The van der Waals surface area contributed by atoms with Crippen LogP contribution in [0.4, 0.5) is 0 Å². The molecule has 10 N–H and O–H groups in total. The summed E-state index contributed by atoms with van der Waals surface area (Å²) in [6, 6.07) is 13.7. The number of nitrogens with one attached hydrogen (secondary N) is 2. The lowest BCUT2D eigenvalue weighted by Gasteiger charge is -2.09. The van der Waals surface area contributed by atoms with Crippen LogP contribution in [0.2, 0.25) is 0 Å². The van der Waals surface area contributed by atoms with Gasteiger partial charge < -0.3 is 33.6 Å². The van der Waals surface area contributed by atoms with E-state index < -0.39 is 12.3 Å². The molecule has 0 radical (unpaired) electrons. The average Bonchev–Trinajstić information content (AvgIpc) is 2.70. The largest absolute Gasteiger partial charge is 0.352 e. The molecule has 8 heteroatoms. The molecule has 0 heterocycles. The number of carbonyl (C=O) groups is 2. The van der Waals surface area contributed by atoms with Crippen LogP contribution in [-0.2, 0) is 0 Å². The van der Waals surface area contributed by atoms with Crippen LogP contribution in [0.15, 0.2) is 48.5 Å². The highest BCUT2D eigenvalue weighted by Crippen LogP contribution is 2.09. The molecule has 0 fully saturated rings. The molecule has 2 rings (SSSR count). The Morgan fingerprint density at radius 1 is 0.643 bits per heavy atom. The third kappa shape index (κ3) is 6.43. The zero-order chi connectivity index (χ0) is 20.5. The number of hydrogen-bond acceptors (Lipinski definition) is 6. The molecule has 0 saturated heterocycles. The Balaban J connectivity index is 1.64. The topological polar surface area (TPSA) is 162 Å². The molecule has 0 spiro atoms. The van der Waals surface area contributed by atoms with Gasteiger partial charge in [0, 0.05) is 24.2 Å². The van der Waals surface area contributed by atoms with Gasteiger partial charge in [-0.15, -0.1) is 0 Å². The predicted octanol–water partition coefficient (Wildman–Crippen LogP) is 0.459. The van der Waals surface area contributed by atoms with Gasteiger partial charge in [0.25, 0.3) is 11.8 Å². The molecule has 0 aliphatic heterocycles. The van der Waals surface area contributed by atoms with Gasteiger partial charge in [-0.3, -0.25) is 9.59 Å². The molecule has 0 aliphatic rings. The first-order chi connectivity index (χ1) is 13.4. The van der Waals surface area contributed by atoms with Gasteiger partial charge in [0.1, 0.15) is 0 Å². The number of carbonyl (C=O) groups excluding carboxylic acids is 2. The van der Waals surface area contributed by atoms with Crippen molar-refractivity contribution < 1.29 is 9.59 Å². The van der Waals surface area contributed by atoms with E-state index in [-0.39, 0.29) is 11.8 Å². The van der Waals surface area contributed by atoms with Crippen molar-refractivity contribution in [3.63, 3.8) is 0 Å². The molecular formula is C20H28N6O2. The molecule has 0 aliphatic carbocycles. The van der Waals surface area contributed by atoms with Crippen molar-refractivity contribution >= 4 is 11.8 Å². The number of benzene rings is 2. The molecule has 0 aromatic heterocycles. The van der Waals surface area contributed by atoms with Crippen LogP contribution in [0.3, 0.4) is 0 Å². The lowest BCUT2D eigenvalue weighted by molar-refractivity contribution is 0.0939. The van der Waals surface area contributed by atoms with Crippen LogP contribution in [0, 0.1) is 0 Å². The Hall–Kier alpha value is -2.78. The van der Waals surface area contributed by atoms with E-state index in [0.717, 1.165) is 24.0 Å². The molecule has 150 valence electrons. The maximum absolute atomic E-state index is 12.1. The van der Waals surface area contributed by atoms with Crippen LogP contribution in [0.25, 0.3) is 0 Å². The molecule has 2 aromatic carbocycles. The smallest absolute Gasteiger partial charge is 0.251 e. The molecule has 0 bridgehead atoms. The Morgan fingerprint density at radius 2 is 0.964 bits per heavy atom. The maximum atomic E-state index is 12.1. The third-order valence-electron chi connectivity index (χ3n) is 4.29. The van der Waals surface area contributed by atoms with Gasteiger partial charge >= 0.3 is 0 Å². The van der Waals surface area contributed by atoms with Gasteiger partial charge in [0.2, 0.25) is 0 Å². The van der Waals surface area contributed by atoms with Gasteiger partial charge in [-0.05, 0) is 48.2 Å². The highest BCUT2D eigenvalue weighted by molar-refractivity contribution is 5.94. The summed E-state index contributed by atoms with van der Waals surface area (Å²) in [5, 5.41) is 5.69. The summed E-state index contributed by atoms with van der Waals surface area (Å²) in [5.74, 6) is -0.307. The second kappa shape index (κ2) is 10.5. The summed E-state index contributed by atoms with van der Waals surface area (Å²) < 4.78 is 0. The van der Waals surface area contributed by atoms with E-state index in [2.05, 4.69) is 10.6 Å². The van der Waals surface area contributed by atoms with Crippen molar-refractivity contribution in [3.8, 4) is 0 Å². The summed E-state index contributed by atoms with van der Waals surface area (Å²) in [4.78, 5) is 24.1. The van der Waals surface area contributed by atoms with E-state index in [9.17, 15) is 9.59 Å². The Bertz CT molecular complexity index is 705. The summed E-state index contributed by atoms with van der Waals surface area (Å²) >= 11 is 0. The standard InChI is InChI=1S/C20H28N6O2/c21-17(22)13-3-7-15(8-4-13)19(27)25-11-1-2-12-26-20(28)16-9-5-14(6-10-16)18(23)24/h3-10,17-18H,1-2,11-12,21-24H2,(H,25,27)(H,26,28). The van der Waals surface area contributed by atoms with E-state index in [1.165, 1.54) is 0 Å². The maximum Gasteiger partial charge on any atom is 0.251 e. The molecule has 0 saturated carbocycles. The van der Waals surface area contributed by atoms with Crippen molar-refractivity contribution in [2.45, 2.75) is 25.2 Å².